The number of carbonyl (C=O) groups excluding carboxylic acids is 2. The van der Waals surface area contributed by atoms with Gasteiger partial charge in [0.05, 0.1) is 27.2 Å². The number of amides is 2. The van der Waals surface area contributed by atoms with Gasteiger partial charge in [0.25, 0.3) is 5.91 Å². The Morgan fingerprint density at radius 1 is 1.08 bits per heavy atom. The number of ether oxygens (including phenoxy) is 1. The van der Waals surface area contributed by atoms with E-state index in [1.165, 1.54) is 0 Å². The monoisotopic (exact) mass is 565 g/mol. The number of nitrogens with zero attached hydrogens (tertiary/aromatic N) is 2. The molecule has 0 unspecified atom stereocenters. The van der Waals surface area contributed by atoms with Gasteiger partial charge in [0.15, 0.2) is 0 Å². The molecule has 1 N–H and O–H groups in total. The van der Waals surface area contributed by atoms with E-state index >= 15 is 0 Å². The summed E-state index contributed by atoms with van der Waals surface area (Å²) in [5.41, 5.74) is 1.66. The molecule has 0 bridgehead atoms. The fraction of sp³-hybridized carbons (Fsp3) is 0.387. The second-order valence-electron chi connectivity index (χ2n) is 11.0. The Kier molecular flexibility index (Phi) is 8.44. The van der Waals surface area contributed by atoms with E-state index in [1.54, 1.807) is 11.0 Å². The van der Waals surface area contributed by atoms with Crippen molar-refractivity contribution in [3.63, 3.8) is 0 Å². The first-order valence-electron chi connectivity index (χ1n) is 13.1. The zero-order valence-electron chi connectivity index (χ0n) is 22.7. The standard InChI is InChI=1S/C31H33Cl2N3O3/c1-5-23-21(18-34)16-20-8-6-7-9-24(20)27(23)28(37)35-19-31(22-10-11-25(32)26(33)17-22)12-14-36(15-13-31)29(38)39-30(2,3)4/h6-11,16-17H,5,12-15,19H2,1-4H3,(H,35,37). The predicted molar refractivity (Wildman–Crippen MR) is 156 cm³/mol. The van der Waals surface area contributed by atoms with Crippen LogP contribution in [0.2, 0.25) is 10.0 Å². The molecule has 204 valence electrons. The molecule has 1 aliphatic rings. The summed E-state index contributed by atoms with van der Waals surface area (Å²) in [6.45, 7) is 8.77. The molecule has 1 aliphatic heterocycles. The average Bonchev–Trinajstić information content (AvgIpc) is 2.91. The number of fused-ring (bicyclic) bond motifs is 1. The van der Waals surface area contributed by atoms with Crippen LogP contribution >= 0.6 is 23.2 Å². The number of rotatable bonds is 5. The number of likely N-dealkylation sites (tertiary alicyclic amines) is 1. The molecule has 8 heteroatoms. The first kappa shape index (κ1) is 28.7. The molecule has 4 rings (SSSR count). The van der Waals surface area contributed by atoms with E-state index in [1.807, 2.05) is 70.2 Å². The minimum atomic E-state index is -0.582. The van der Waals surface area contributed by atoms with Gasteiger partial charge >= 0.3 is 6.09 Å². The summed E-state index contributed by atoms with van der Waals surface area (Å²) >= 11 is 12.6. The Morgan fingerprint density at radius 2 is 1.77 bits per heavy atom. The Labute approximate surface area is 239 Å². The molecule has 3 aromatic carbocycles. The zero-order chi connectivity index (χ0) is 28.4. The Balaban J connectivity index is 1.65. The highest BCUT2D eigenvalue weighted by Crippen LogP contribution is 2.38. The largest absolute Gasteiger partial charge is 0.444 e. The third-order valence-corrected chi connectivity index (χ3v) is 8.09. The molecule has 0 spiro atoms. The van der Waals surface area contributed by atoms with Crippen molar-refractivity contribution < 1.29 is 14.3 Å². The van der Waals surface area contributed by atoms with Gasteiger partial charge in [0.2, 0.25) is 0 Å². The van der Waals surface area contributed by atoms with E-state index in [-0.39, 0.29) is 12.0 Å². The summed E-state index contributed by atoms with van der Waals surface area (Å²) < 4.78 is 5.58. The van der Waals surface area contributed by atoms with Crippen LogP contribution in [0.25, 0.3) is 10.8 Å². The van der Waals surface area contributed by atoms with Gasteiger partial charge in [-0.25, -0.2) is 4.79 Å². The summed E-state index contributed by atoms with van der Waals surface area (Å²) in [4.78, 5) is 28.3. The Hall–Kier alpha value is -3.27. The van der Waals surface area contributed by atoms with Crippen molar-refractivity contribution in [3.8, 4) is 6.07 Å². The molecule has 1 fully saturated rings. The number of hydrogen-bond donors (Lipinski definition) is 1. The molecule has 1 heterocycles. The molecule has 1 saturated heterocycles. The third kappa shape index (κ3) is 6.16. The van der Waals surface area contributed by atoms with Crippen LogP contribution < -0.4 is 5.32 Å². The lowest BCUT2D eigenvalue weighted by molar-refractivity contribution is 0.0162. The van der Waals surface area contributed by atoms with Gasteiger partial charge in [-0.1, -0.05) is 60.5 Å². The van der Waals surface area contributed by atoms with E-state index in [0.717, 1.165) is 21.9 Å². The lowest BCUT2D eigenvalue weighted by Crippen LogP contribution is -2.51. The van der Waals surface area contributed by atoms with Gasteiger partial charge in [-0.2, -0.15) is 5.26 Å². The first-order chi connectivity index (χ1) is 18.5. The first-order valence-corrected chi connectivity index (χ1v) is 13.9. The molecule has 0 atom stereocenters. The van der Waals surface area contributed by atoms with Crippen LogP contribution in [0, 0.1) is 11.3 Å². The van der Waals surface area contributed by atoms with Crippen molar-refractivity contribution in [2.75, 3.05) is 19.6 Å². The van der Waals surface area contributed by atoms with E-state index in [2.05, 4.69) is 11.4 Å². The summed E-state index contributed by atoms with van der Waals surface area (Å²) in [6, 6.07) is 17.3. The fourth-order valence-corrected chi connectivity index (χ4v) is 5.59. The molecule has 6 nitrogen and oxygen atoms in total. The minimum absolute atomic E-state index is 0.228. The van der Waals surface area contributed by atoms with Gasteiger partial charge in [-0.3, -0.25) is 4.79 Å². The molecular weight excluding hydrogens is 533 g/mol. The molecule has 0 aromatic heterocycles. The quantitative estimate of drug-likeness (QED) is 0.352. The number of halogens is 2. The maximum absolute atomic E-state index is 13.8. The van der Waals surface area contributed by atoms with Crippen molar-refractivity contribution in [1.29, 1.82) is 5.26 Å². The molecule has 2 amide bonds. The Bertz CT molecular complexity index is 1450. The normalized spacial score (nSPS) is 15.1. The van der Waals surface area contributed by atoms with Crippen molar-refractivity contribution >= 4 is 46.0 Å². The van der Waals surface area contributed by atoms with Crippen LogP contribution in [0.3, 0.4) is 0 Å². The Morgan fingerprint density at radius 3 is 2.38 bits per heavy atom. The highest BCUT2D eigenvalue weighted by atomic mass is 35.5. The second-order valence-corrected chi connectivity index (χ2v) is 11.8. The van der Waals surface area contributed by atoms with Crippen molar-refractivity contribution in [2.45, 2.75) is 58.0 Å². The van der Waals surface area contributed by atoms with Gasteiger partial charge in [-0.15, -0.1) is 0 Å². The van der Waals surface area contributed by atoms with E-state index < -0.39 is 11.0 Å². The van der Waals surface area contributed by atoms with Crippen LogP contribution in [0.1, 0.15) is 67.6 Å². The topological polar surface area (TPSA) is 82.4 Å². The summed E-state index contributed by atoms with van der Waals surface area (Å²) in [6.07, 6.45) is 1.41. The molecule has 3 aromatic rings. The molecule has 0 aliphatic carbocycles. The van der Waals surface area contributed by atoms with E-state index in [0.29, 0.717) is 60.1 Å². The number of piperidine rings is 1. The van der Waals surface area contributed by atoms with Crippen molar-refractivity contribution in [1.82, 2.24) is 10.2 Å². The maximum Gasteiger partial charge on any atom is 0.410 e. The average molecular weight is 567 g/mol. The summed E-state index contributed by atoms with van der Waals surface area (Å²) in [5.74, 6) is -0.228. The van der Waals surface area contributed by atoms with Crippen LogP contribution in [-0.2, 0) is 16.6 Å². The van der Waals surface area contributed by atoms with Gasteiger partial charge in [0, 0.05) is 25.0 Å². The SMILES string of the molecule is CCc1c(C#N)cc2ccccc2c1C(=O)NCC1(c2ccc(Cl)c(Cl)c2)CCN(C(=O)OC(C)(C)C)CC1. The minimum Gasteiger partial charge on any atom is -0.444 e. The number of benzene rings is 3. The van der Waals surface area contributed by atoms with Crippen LogP contribution in [0.5, 0.6) is 0 Å². The predicted octanol–water partition coefficient (Wildman–Crippen LogP) is 7.28. The van der Waals surface area contributed by atoms with Gasteiger partial charge in [0.1, 0.15) is 5.60 Å². The third-order valence-electron chi connectivity index (χ3n) is 7.35. The van der Waals surface area contributed by atoms with Crippen LogP contribution in [-0.4, -0.2) is 42.1 Å². The van der Waals surface area contributed by atoms with Gasteiger partial charge < -0.3 is 15.0 Å². The zero-order valence-corrected chi connectivity index (χ0v) is 24.2. The number of nitrogens with one attached hydrogen (secondary N) is 1. The van der Waals surface area contributed by atoms with Crippen molar-refractivity contribution in [3.05, 3.63) is 80.8 Å². The molecule has 0 saturated carbocycles. The summed E-state index contributed by atoms with van der Waals surface area (Å²) in [7, 11) is 0. The molecule has 0 radical (unpaired) electrons. The molecular formula is C31H33Cl2N3O3. The highest BCUT2D eigenvalue weighted by molar-refractivity contribution is 6.42. The highest BCUT2D eigenvalue weighted by Gasteiger charge is 2.39. The second kappa shape index (κ2) is 11.5. The lowest BCUT2D eigenvalue weighted by atomic mass is 9.72. The number of nitriles is 1. The van der Waals surface area contributed by atoms with E-state index in [9.17, 15) is 14.9 Å². The smallest absolute Gasteiger partial charge is 0.410 e. The number of hydrogen-bond acceptors (Lipinski definition) is 4. The van der Waals surface area contributed by atoms with Crippen LogP contribution in [0.15, 0.2) is 48.5 Å². The maximum atomic E-state index is 13.8. The number of carbonyl (C=O) groups is 2. The van der Waals surface area contributed by atoms with Crippen LogP contribution in [0.4, 0.5) is 4.79 Å². The summed E-state index contributed by atoms with van der Waals surface area (Å²) in [5, 5.41) is 15.5. The van der Waals surface area contributed by atoms with Gasteiger partial charge in [-0.05, 0) is 80.1 Å². The van der Waals surface area contributed by atoms with Crippen molar-refractivity contribution in [2.24, 2.45) is 0 Å². The van der Waals surface area contributed by atoms with E-state index in [4.69, 9.17) is 27.9 Å². The lowest BCUT2D eigenvalue weighted by Gasteiger charge is -2.42. The fourth-order valence-electron chi connectivity index (χ4n) is 5.29. The molecule has 39 heavy (non-hydrogen) atoms.